The van der Waals surface area contributed by atoms with Crippen LogP contribution in [0, 0.1) is 6.92 Å². The van der Waals surface area contributed by atoms with Gasteiger partial charge in [-0.05, 0) is 59.9 Å². The summed E-state index contributed by atoms with van der Waals surface area (Å²) in [6, 6.07) is 2.30. The smallest absolute Gasteiger partial charge is 0.216 e. The molecule has 0 unspecified atom stereocenters. The number of hydrogen-bond acceptors (Lipinski definition) is 5. The average molecular weight is 319 g/mol. The van der Waals surface area contributed by atoms with E-state index in [4.69, 9.17) is 9.47 Å². The number of ether oxygens (including phenoxy) is 2. The predicted molar refractivity (Wildman–Crippen MR) is 89.7 cm³/mol. The van der Waals surface area contributed by atoms with Crippen LogP contribution in [0.25, 0.3) is 0 Å². The standard InChI is InChI=1S/C18H29N3O2/c1-14-19-10-7-16(20-14)22-12-15-6-9-18(8-5-11-21(15)18)13-23-17(2,3)4/h7,10,15H,5-6,8-9,11-13H2,1-4H3/t15-,18-/m0/s1. The molecule has 2 saturated heterocycles. The Morgan fingerprint density at radius 3 is 2.91 bits per heavy atom. The van der Waals surface area contributed by atoms with Gasteiger partial charge in [0.15, 0.2) is 0 Å². The maximum atomic E-state index is 6.14. The van der Waals surface area contributed by atoms with Crippen molar-refractivity contribution < 1.29 is 9.47 Å². The molecular formula is C18H29N3O2. The van der Waals surface area contributed by atoms with E-state index in [1.165, 1.54) is 25.7 Å². The summed E-state index contributed by atoms with van der Waals surface area (Å²) >= 11 is 0. The number of aryl methyl sites for hydroxylation is 1. The molecule has 0 radical (unpaired) electrons. The highest BCUT2D eigenvalue weighted by atomic mass is 16.5. The zero-order chi connectivity index (χ0) is 16.5. The van der Waals surface area contributed by atoms with Crippen LogP contribution >= 0.6 is 0 Å². The fraction of sp³-hybridized carbons (Fsp3) is 0.778. The fourth-order valence-corrected chi connectivity index (χ4v) is 3.84. The third-order valence-electron chi connectivity index (χ3n) is 4.98. The van der Waals surface area contributed by atoms with Gasteiger partial charge in [0.05, 0.1) is 12.2 Å². The molecule has 128 valence electrons. The molecule has 0 amide bonds. The Hall–Kier alpha value is -1.20. The van der Waals surface area contributed by atoms with Crippen molar-refractivity contribution in [1.82, 2.24) is 14.9 Å². The topological polar surface area (TPSA) is 47.5 Å². The van der Waals surface area contributed by atoms with Crippen LogP contribution in [-0.2, 0) is 4.74 Å². The van der Waals surface area contributed by atoms with Crippen molar-refractivity contribution in [3.8, 4) is 5.88 Å². The Balaban J connectivity index is 1.60. The lowest BCUT2D eigenvalue weighted by molar-refractivity contribution is -0.0584. The van der Waals surface area contributed by atoms with Crippen LogP contribution in [0.15, 0.2) is 12.3 Å². The van der Waals surface area contributed by atoms with Gasteiger partial charge in [-0.2, -0.15) is 4.98 Å². The van der Waals surface area contributed by atoms with Crippen LogP contribution < -0.4 is 4.74 Å². The van der Waals surface area contributed by atoms with Crippen LogP contribution in [0.4, 0.5) is 0 Å². The highest BCUT2D eigenvalue weighted by molar-refractivity contribution is 5.09. The van der Waals surface area contributed by atoms with Crippen molar-refractivity contribution in [2.75, 3.05) is 19.8 Å². The Kier molecular flexibility index (Phi) is 4.61. The van der Waals surface area contributed by atoms with Crippen LogP contribution in [0.3, 0.4) is 0 Å². The molecule has 5 heteroatoms. The van der Waals surface area contributed by atoms with Gasteiger partial charge < -0.3 is 9.47 Å². The van der Waals surface area contributed by atoms with Gasteiger partial charge in [0.25, 0.3) is 0 Å². The molecule has 2 aliphatic heterocycles. The first-order valence-electron chi connectivity index (χ1n) is 8.71. The van der Waals surface area contributed by atoms with Crippen molar-refractivity contribution in [2.45, 2.75) is 70.6 Å². The number of nitrogens with zero attached hydrogens (tertiary/aromatic N) is 3. The first-order chi connectivity index (χ1) is 10.9. The maximum absolute atomic E-state index is 6.14. The average Bonchev–Trinajstić information content (AvgIpc) is 3.02. The monoisotopic (exact) mass is 319 g/mol. The van der Waals surface area contributed by atoms with Crippen molar-refractivity contribution >= 4 is 0 Å². The summed E-state index contributed by atoms with van der Waals surface area (Å²) in [6.07, 6.45) is 6.64. The van der Waals surface area contributed by atoms with E-state index in [1.54, 1.807) is 6.20 Å². The summed E-state index contributed by atoms with van der Waals surface area (Å²) in [4.78, 5) is 11.1. The van der Waals surface area contributed by atoms with Crippen molar-refractivity contribution in [3.05, 3.63) is 18.1 Å². The van der Waals surface area contributed by atoms with Crippen molar-refractivity contribution in [2.24, 2.45) is 0 Å². The zero-order valence-corrected chi connectivity index (χ0v) is 14.8. The van der Waals surface area contributed by atoms with E-state index in [9.17, 15) is 0 Å². The van der Waals surface area contributed by atoms with Crippen LogP contribution in [0.1, 0.15) is 52.3 Å². The summed E-state index contributed by atoms with van der Waals surface area (Å²) in [6.45, 7) is 11.0. The quantitative estimate of drug-likeness (QED) is 0.835. The maximum Gasteiger partial charge on any atom is 0.216 e. The molecule has 0 aliphatic carbocycles. The Morgan fingerprint density at radius 2 is 2.17 bits per heavy atom. The first kappa shape index (κ1) is 16.7. The van der Waals surface area contributed by atoms with Crippen LogP contribution in [0.5, 0.6) is 5.88 Å². The van der Waals surface area contributed by atoms with Crippen LogP contribution in [-0.4, -0.2) is 51.8 Å². The van der Waals surface area contributed by atoms with E-state index < -0.39 is 0 Å². The second kappa shape index (κ2) is 6.36. The molecule has 1 aromatic rings. The molecule has 3 rings (SSSR count). The lowest BCUT2D eigenvalue weighted by Crippen LogP contribution is -2.48. The number of aromatic nitrogens is 2. The van der Waals surface area contributed by atoms with E-state index in [0.29, 0.717) is 18.5 Å². The third kappa shape index (κ3) is 3.83. The molecule has 1 aromatic heterocycles. The lowest BCUT2D eigenvalue weighted by atomic mass is 9.95. The Bertz CT molecular complexity index is 543. The molecule has 0 bridgehead atoms. The minimum atomic E-state index is -0.0733. The minimum Gasteiger partial charge on any atom is -0.476 e. The third-order valence-corrected chi connectivity index (χ3v) is 4.98. The minimum absolute atomic E-state index is 0.0733. The summed E-state index contributed by atoms with van der Waals surface area (Å²) < 4.78 is 12.1. The molecule has 0 aromatic carbocycles. The van der Waals surface area contributed by atoms with Gasteiger partial charge in [0.1, 0.15) is 12.4 Å². The van der Waals surface area contributed by atoms with Gasteiger partial charge >= 0.3 is 0 Å². The zero-order valence-electron chi connectivity index (χ0n) is 14.8. The van der Waals surface area contributed by atoms with Gasteiger partial charge in [0.2, 0.25) is 5.88 Å². The Labute approximate surface area is 139 Å². The molecule has 0 N–H and O–H groups in total. The molecule has 2 fully saturated rings. The summed E-state index contributed by atoms with van der Waals surface area (Å²) in [5.41, 5.74) is 0.152. The molecular weight excluding hydrogens is 290 g/mol. The molecule has 0 saturated carbocycles. The molecule has 5 nitrogen and oxygen atoms in total. The molecule has 0 spiro atoms. The van der Waals surface area contributed by atoms with Gasteiger partial charge in [-0.3, -0.25) is 4.90 Å². The summed E-state index contributed by atoms with van der Waals surface area (Å²) in [5, 5.41) is 0. The molecule has 2 aliphatic rings. The number of fused-ring (bicyclic) bond motifs is 1. The van der Waals surface area contributed by atoms with E-state index >= 15 is 0 Å². The molecule has 2 atom stereocenters. The SMILES string of the molecule is Cc1nccc(OC[C@@H]2CC[C@]3(COC(C)(C)C)CCCN23)n1. The number of rotatable bonds is 5. The largest absolute Gasteiger partial charge is 0.476 e. The second-order valence-electron chi connectivity index (χ2n) is 7.87. The van der Waals surface area contributed by atoms with Gasteiger partial charge in [0, 0.05) is 23.8 Å². The van der Waals surface area contributed by atoms with Gasteiger partial charge in [-0.1, -0.05) is 0 Å². The van der Waals surface area contributed by atoms with E-state index in [-0.39, 0.29) is 11.1 Å². The summed E-state index contributed by atoms with van der Waals surface area (Å²) in [5.74, 6) is 1.43. The van der Waals surface area contributed by atoms with Crippen molar-refractivity contribution in [1.29, 1.82) is 0 Å². The normalized spacial score (nSPS) is 28.1. The first-order valence-corrected chi connectivity index (χ1v) is 8.71. The fourth-order valence-electron chi connectivity index (χ4n) is 3.84. The van der Waals surface area contributed by atoms with Crippen LogP contribution in [0.2, 0.25) is 0 Å². The highest BCUT2D eigenvalue weighted by Gasteiger charge is 2.49. The number of hydrogen-bond donors (Lipinski definition) is 0. The summed E-state index contributed by atoms with van der Waals surface area (Å²) in [7, 11) is 0. The molecule has 3 heterocycles. The lowest BCUT2D eigenvalue weighted by Gasteiger charge is -2.37. The van der Waals surface area contributed by atoms with Gasteiger partial charge in [-0.15, -0.1) is 0 Å². The second-order valence-corrected chi connectivity index (χ2v) is 7.87. The van der Waals surface area contributed by atoms with Crippen molar-refractivity contribution in [3.63, 3.8) is 0 Å². The predicted octanol–water partition coefficient (Wildman–Crippen LogP) is 2.98. The van der Waals surface area contributed by atoms with E-state index in [2.05, 4.69) is 35.6 Å². The van der Waals surface area contributed by atoms with Gasteiger partial charge in [-0.25, -0.2) is 4.98 Å². The van der Waals surface area contributed by atoms with E-state index in [1.807, 2.05) is 13.0 Å². The van der Waals surface area contributed by atoms with E-state index in [0.717, 1.165) is 19.0 Å². The Morgan fingerprint density at radius 1 is 1.35 bits per heavy atom. The molecule has 23 heavy (non-hydrogen) atoms. The highest BCUT2D eigenvalue weighted by Crippen LogP contribution is 2.43.